The number of aromatic carboxylic acids is 1. The van der Waals surface area contributed by atoms with Crippen molar-refractivity contribution in [2.75, 3.05) is 0 Å². The fourth-order valence-corrected chi connectivity index (χ4v) is 1.72. The van der Waals surface area contributed by atoms with E-state index in [9.17, 15) is 14.7 Å². The van der Waals surface area contributed by atoms with Crippen molar-refractivity contribution in [2.24, 2.45) is 0 Å². The van der Waals surface area contributed by atoms with E-state index < -0.39 is 5.97 Å². The van der Waals surface area contributed by atoms with Gasteiger partial charge in [-0.05, 0) is 29.7 Å². The number of ketones is 1. The van der Waals surface area contributed by atoms with Crippen molar-refractivity contribution in [3.63, 3.8) is 0 Å². The molecule has 2 rings (SSSR count). The van der Waals surface area contributed by atoms with Gasteiger partial charge < -0.3 is 9.90 Å². The monoisotopic (exact) mass is 239 g/mol. The van der Waals surface area contributed by atoms with Crippen molar-refractivity contribution < 1.29 is 14.7 Å². The molecule has 2 aromatic rings. The van der Waals surface area contributed by atoms with Gasteiger partial charge in [-0.1, -0.05) is 42.5 Å². The summed E-state index contributed by atoms with van der Waals surface area (Å²) in [7, 11) is 0. The van der Waals surface area contributed by atoms with Crippen LogP contribution in [0.3, 0.4) is 0 Å². The Kier molecular flexibility index (Phi) is 3.24. The molecule has 3 heteroatoms. The van der Waals surface area contributed by atoms with Crippen LogP contribution in [0, 0.1) is 0 Å². The molecule has 0 aromatic heterocycles. The highest BCUT2D eigenvalue weighted by molar-refractivity contribution is 5.95. The van der Waals surface area contributed by atoms with E-state index in [1.165, 1.54) is 19.1 Å². The topological polar surface area (TPSA) is 57.2 Å². The standard InChI is InChI=1S/C15H12O3/c1-10(16)13-3-2-4-14(9-13)11-5-7-12(8-6-11)15(17)18/h2-9H,1H3,(H,17,18)/p-1. The lowest BCUT2D eigenvalue weighted by atomic mass is 10.0. The van der Waals surface area contributed by atoms with Gasteiger partial charge >= 0.3 is 0 Å². The normalized spacial score (nSPS) is 10.1. The lowest BCUT2D eigenvalue weighted by Gasteiger charge is -2.06. The van der Waals surface area contributed by atoms with Crippen LogP contribution in [0.25, 0.3) is 11.1 Å². The van der Waals surface area contributed by atoms with E-state index in [0.717, 1.165) is 11.1 Å². The van der Waals surface area contributed by atoms with Gasteiger partial charge in [0, 0.05) is 5.56 Å². The van der Waals surface area contributed by atoms with Crippen LogP contribution in [-0.2, 0) is 0 Å². The largest absolute Gasteiger partial charge is 0.545 e. The van der Waals surface area contributed by atoms with Gasteiger partial charge in [0.25, 0.3) is 0 Å². The molecule has 0 saturated carbocycles. The predicted molar refractivity (Wildman–Crippen MR) is 66.2 cm³/mol. The van der Waals surface area contributed by atoms with Crippen LogP contribution >= 0.6 is 0 Å². The number of carbonyl (C=O) groups excluding carboxylic acids is 2. The lowest BCUT2D eigenvalue weighted by Crippen LogP contribution is -2.21. The first-order valence-corrected chi connectivity index (χ1v) is 5.51. The molecule has 0 aliphatic rings. The molecule has 0 unspecified atom stereocenters. The molecule has 2 aromatic carbocycles. The molecule has 0 radical (unpaired) electrons. The van der Waals surface area contributed by atoms with Crippen LogP contribution < -0.4 is 5.11 Å². The number of carbonyl (C=O) groups is 2. The van der Waals surface area contributed by atoms with Crippen LogP contribution in [0.2, 0.25) is 0 Å². The lowest BCUT2D eigenvalue weighted by molar-refractivity contribution is -0.255. The van der Waals surface area contributed by atoms with Crippen molar-refractivity contribution in [1.29, 1.82) is 0 Å². The second-order valence-electron chi connectivity index (χ2n) is 4.00. The highest BCUT2D eigenvalue weighted by atomic mass is 16.4. The third-order valence-corrected chi connectivity index (χ3v) is 2.72. The average Bonchev–Trinajstić information content (AvgIpc) is 2.39. The van der Waals surface area contributed by atoms with E-state index in [-0.39, 0.29) is 11.3 Å². The van der Waals surface area contributed by atoms with Gasteiger partial charge in [-0.2, -0.15) is 0 Å². The molecule has 0 atom stereocenters. The van der Waals surface area contributed by atoms with Crippen LogP contribution in [0.4, 0.5) is 0 Å². The van der Waals surface area contributed by atoms with Crippen molar-refractivity contribution in [3.05, 3.63) is 59.7 Å². The highest BCUT2D eigenvalue weighted by Gasteiger charge is 2.03. The summed E-state index contributed by atoms with van der Waals surface area (Å²) in [6.45, 7) is 1.51. The summed E-state index contributed by atoms with van der Waals surface area (Å²) < 4.78 is 0. The molecule has 0 bridgehead atoms. The van der Waals surface area contributed by atoms with Crippen molar-refractivity contribution in [3.8, 4) is 11.1 Å². The van der Waals surface area contributed by atoms with Crippen LogP contribution in [-0.4, -0.2) is 11.8 Å². The molecular formula is C15H11O3-. The molecular weight excluding hydrogens is 228 g/mol. The van der Waals surface area contributed by atoms with Gasteiger partial charge in [-0.3, -0.25) is 4.79 Å². The number of Topliss-reactive ketones (excluding diaryl/α,β-unsaturated/α-hetero) is 1. The first-order valence-electron chi connectivity index (χ1n) is 5.51. The van der Waals surface area contributed by atoms with E-state index in [4.69, 9.17) is 0 Å². The Bertz CT molecular complexity index is 597. The van der Waals surface area contributed by atoms with Crippen LogP contribution in [0.5, 0.6) is 0 Å². The Hall–Kier alpha value is -2.42. The summed E-state index contributed by atoms with van der Waals surface area (Å²) in [4.78, 5) is 21.9. The minimum atomic E-state index is -1.20. The third kappa shape index (κ3) is 2.46. The van der Waals surface area contributed by atoms with Gasteiger partial charge in [0.05, 0.1) is 5.97 Å². The summed E-state index contributed by atoms with van der Waals surface area (Å²) in [5.74, 6) is -1.19. The van der Waals surface area contributed by atoms with E-state index >= 15 is 0 Å². The van der Waals surface area contributed by atoms with Gasteiger partial charge in [-0.15, -0.1) is 0 Å². The Morgan fingerprint density at radius 1 is 0.889 bits per heavy atom. The Morgan fingerprint density at radius 2 is 1.56 bits per heavy atom. The number of benzene rings is 2. The molecule has 0 heterocycles. The van der Waals surface area contributed by atoms with Gasteiger partial charge in [0.15, 0.2) is 5.78 Å². The molecule has 0 amide bonds. The van der Waals surface area contributed by atoms with Gasteiger partial charge in [-0.25, -0.2) is 0 Å². The van der Waals surface area contributed by atoms with Gasteiger partial charge in [0.1, 0.15) is 0 Å². The number of hydrogen-bond donors (Lipinski definition) is 0. The van der Waals surface area contributed by atoms with Crippen molar-refractivity contribution in [2.45, 2.75) is 6.92 Å². The maximum atomic E-state index is 11.3. The zero-order chi connectivity index (χ0) is 13.1. The van der Waals surface area contributed by atoms with E-state index in [0.29, 0.717) is 5.56 Å². The number of carboxylic acids is 1. The zero-order valence-corrected chi connectivity index (χ0v) is 9.84. The second-order valence-corrected chi connectivity index (χ2v) is 4.00. The molecule has 0 aliphatic heterocycles. The molecule has 0 aliphatic carbocycles. The second kappa shape index (κ2) is 4.84. The molecule has 90 valence electrons. The van der Waals surface area contributed by atoms with E-state index in [1.54, 1.807) is 30.3 Å². The smallest absolute Gasteiger partial charge is 0.159 e. The molecule has 0 saturated heterocycles. The van der Waals surface area contributed by atoms with Crippen molar-refractivity contribution >= 4 is 11.8 Å². The molecule has 18 heavy (non-hydrogen) atoms. The maximum Gasteiger partial charge on any atom is 0.159 e. The van der Waals surface area contributed by atoms with Gasteiger partial charge in [0.2, 0.25) is 0 Å². The third-order valence-electron chi connectivity index (χ3n) is 2.72. The average molecular weight is 239 g/mol. The molecule has 3 nitrogen and oxygen atoms in total. The fraction of sp³-hybridized carbons (Fsp3) is 0.0667. The first-order chi connectivity index (χ1) is 8.58. The fourth-order valence-electron chi connectivity index (χ4n) is 1.72. The SMILES string of the molecule is CC(=O)c1cccc(-c2ccc(C(=O)[O-])cc2)c1. The predicted octanol–water partition coefficient (Wildman–Crippen LogP) is 1.92. The van der Waals surface area contributed by atoms with E-state index in [1.807, 2.05) is 6.07 Å². The maximum absolute atomic E-state index is 11.3. The molecule has 0 fully saturated rings. The number of hydrogen-bond acceptors (Lipinski definition) is 3. The highest BCUT2D eigenvalue weighted by Crippen LogP contribution is 2.21. The first kappa shape index (κ1) is 12.0. The minimum Gasteiger partial charge on any atom is -0.545 e. The molecule has 0 spiro atoms. The van der Waals surface area contributed by atoms with Crippen LogP contribution in [0.15, 0.2) is 48.5 Å². The van der Waals surface area contributed by atoms with Crippen molar-refractivity contribution in [1.82, 2.24) is 0 Å². The number of carboxylic acid groups (broad SMARTS) is 1. The summed E-state index contributed by atoms with van der Waals surface area (Å²) in [5.41, 5.74) is 2.52. The molecule has 0 N–H and O–H groups in total. The Balaban J connectivity index is 2.39. The summed E-state index contributed by atoms with van der Waals surface area (Å²) in [6, 6.07) is 13.6. The summed E-state index contributed by atoms with van der Waals surface area (Å²) in [5, 5.41) is 10.6. The quantitative estimate of drug-likeness (QED) is 0.769. The summed E-state index contributed by atoms with van der Waals surface area (Å²) >= 11 is 0. The minimum absolute atomic E-state index is 0.00297. The van der Waals surface area contributed by atoms with E-state index in [2.05, 4.69) is 0 Å². The number of rotatable bonds is 3. The van der Waals surface area contributed by atoms with Crippen LogP contribution in [0.1, 0.15) is 27.6 Å². The Morgan fingerprint density at radius 3 is 2.11 bits per heavy atom. The Labute approximate surface area is 105 Å². The zero-order valence-electron chi connectivity index (χ0n) is 9.84. The summed E-state index contributed by atoms with van der Waals surface area (Å²) in [6.07, 6.45) is 0.